The van der Waals surface area contributed by atoms with Gasteiger partial charge in [-0.15, -0.1) is 0 Å². The Balaban J connectivity index is 2.49. The molecule has 1 aliphatic rings. The Morgan fingerprint density at radius 1 is 1.43 bits per heavy atom. The summed E-state index contributed by atoms with van der Waals surface area (Å²) < 4.78 is 4.83. The van der Waals surface area contributed by atoms with Crippen LogP contribution in [0.5, 0.6) is 0 Å². The van der Waals surface area contributed by atoms with Gasteiger partial charge >= 0.3 is 0 Å². The van der Waals surface area contributed by atoms with Crippen molar-refractivity contribution in [2.45, 2.75) is 5.44 Å². The van der Waals surface area contributed by atoms with Crippen LogP contribution in [0.25, 0.3) is 0 Å². The van der Waals surface area contributed by atoms with Crippen molar-refractivity contribution in [1.82, 2.24) is 0 Å². The Hall–Kier alpha value is -0.370. The number of hydrogen-bond acceptors (Lipinski definition) is 1. The highest BCUT2D eigenvalue weighted by Crippen LogP contribution is 2.03. The number of allylic oxidation sites excluding steroid dienone is 2. The number of ether oxygens (including phenoxy) is 1. The van der Waals surface area contributed by atoms with Crippen molar-refractivity contribution in [2.75, 3.05) is 0 Å². The molecule has 0 aromatic heterocycles. The van der Waals surface area contributed by atoms with Gasteiger partial charge in [-0.2, -0.15) is 0 Å². The average molecular weight is 113 g/mol. The van der Waals surface area contributed by atoms with E-state index in [0.717, 1.165) is 0 Å². The predicted molar refractivity (Wildman–Crippen MR) is 30.7 cm³/mol. The van der Waals surface area contributed by atoms with Crippen molar-refractivity contribution in [2.24, 2.45) is 0 Å². The Labute approximate surface area is 48.1 Å². The maximum Gasteiger partial charge on any atom is 0.172 e. The standard InChI is InChI=1S/C5H5OS/c7-5-3-1-2-4-6-5/h1-5H. The van der Waals surface area contributed by atoms with Gasteiger partial charge in [0.15, 0.2) is 5.44 Å². The van der Waals surface area contributed by atoms with E-state index in [2.05, 4.69) is 0 Å². The van der Waals surface area contributed by atoms with E-state index in [9.17, 15) is 0 Å². The second kappa shape index (κ2) is 2.07. The van der Waals surface area contributed by atoms with Crippen molar-refractivity contribution in [3.8, 4) is 0 Å². The zero-order valence-corrected chi connectivity index (χ0v) is 4.52. The second-order valence-corrected chi connectivity index (χ2v) is 1.68. The van der Waals surface area contributed by atoms with Crippen molar-refractivity contribution < 1.29 is 4.74 Å². The summed E-state index contributed by atoms with van der Waals surface area (Å²) in [6.45, 7) is 0. The van der Waals surface area contributed by atoms with Gasteiger partial charge in [-0.05, 0) is 24.8 Å². The van der Waals surface area contributed by atoms with Gasteiger partial charge in [0.05, 0.1) is 6.26 Å². The first-order valence-electron chi connectivity index (χ1n) is 2.04. The van der Waals surface area contributed by atoms with Gasteiger partial charge in [-0.25, -0.2) is 0 Å². The van der Waals surface area contributed by atoms with Crippen LogP contribution < -0.4 is 0 Å². The SMILES string of the molecule is [S]C1C=CC=CO1. The number of hydrogen-bond donors (Lipinski definition) is 0. The number of rotatable bonds is 0. The van der Waals surface area contributed by atoms with Crippen molar-refractivity contribution in [3.05, 3.63) is 24.5 Å². The molecule has 1 unspecified atom stereocenters. The first-order chi connectivity index (χ1) is 3.39. The van der Waals surface area contributed by atoms with Gasteiger partial charge in [-0.3, -0.25) is 0 Å². The average Bonchev–Trinajstić information content (AvgIpc) is 1.69. The Kier molecular flexibility index (Phi) is 1.42. The Bertz CT molecular complexity index is 107. The minimum Gasteiger partial charge on any atom is -0.482 e. The molecule has 0 spiro atoms. The zero-order chi connectivity index (χ0) is 5.11. The molecule has 0 saturated carbocycles. The summed E-state index contributed by atoms with van der Waals surface area (Å²) in [5, 5.41) is 0. The normalized spacial score (nSPS) is 27.3. The van der Waals surface area contributed by atoms with Gasteiger partial charge in [0.25, 0.3) is 0 Å². The van der Waals surface area contributed by atoms with Gasteiger partial charge < -0.3 is 4.74 Å². The second-order valence-electron chi connectivity index (χ2n) is 1.22. The molecule has 0 saturated heterocycles. The third-order valence-electron chi connectivity index (χ3n) is 0.671. The topological polar surface area (TPSA) is 9.23 Å². The van der Waals surface area contributed by atoms with Crippen LogP contribution in [0.2, 0.25) is 0 Å². The van der Waals surface area contributed by atoms with E-state index >= 15 is 0 Å². The van der Waals surface area contributed by atoms with E-state index in [1.54, 1.807) is 6.26 Å². The van der Waals surface area contributed by atoms with Crippen LogP contribution in [0.3, 0.4) is 0 Å². The monoisotopic (exact) mass is 113 g/mol. The lowest BCUT2D eigenvalue weighted by Crippen LogP contribution is -1.96. The van der Waals surface area contributed by atoms with Crippen molar-refractivity contribution in [1.29, 1.82) is 0 Å². The molecule has 0 amide bonds. The molecule has 1 heterocycles. The fraction of sp³-hybridized carbons (Fsp3) is 0.200. The lowest BCUT2D eigenvalue weighted by Gasteiger charge is -2.04. The lowest BCUT2D eigenvalue weighted by molar-refractivity contribution is 0.259. The smallest absolute Gasteiger partial charge is 0.172 e. The molecule has 1 radical (unpaired) electrons. The first-order valence-corrected chi connectivity index (χ1v) is 2.51. The van der Waals surface area contributed by atoms with Crippen molar-refractivity contribution in [3.63, 3.8) is 0 Å². The molecule has 1 aliphatic heterocycles. The fourth-order valence-corrected chi connectivity index (χ4v) is 0.523. The van der Waals surface area contributed by atoms with E-state index in [1.165, 1.54) is 0 Å². The van der Waals surface area contributed by atoms with E-state index in [1.807, 2.05) is 18.2 Å². The van der Waals surface area contributed by atoms with E-state index in [0.29, 0.717) is 0 Å². The molecule has 0 aromatic carbocycles. The van der Waals surface area contributed by atoms with E-state index < -0.39 is 0 Å². The summed E-state index contributed by atoms with van der Waals surface area (Å²) in [7, 11) is 0. The summed E-state index contributed by atoms with van der Waals surface area (Å²) in [4.78, 5) is 0. The first kappa shape index (κ1) is 4.78. The maximum atomic E-state index is 4.83. The fourth-order valence-electron chi connectivity index (χ4n) is 0.368. The van der Waals surface area contributed by atoms with E-state index in [-0.39, 0.29) is 5.44 Å². The van der Waals surface area contributed by atoms with Crippen LogP contribution in [0, 0.1) is 0 Å². The largest absolute Gasteiger partial charge is 0.482 e. The molecule has 0 N–H and O–H groups in total. The third-order valence-corrected chi connectivity index (χ3v) is 0.939. The van der Waals surface area contributed by atoms with Gasteiger partial charge in [0.1, 0.15) is 0 Å². The molecule has 1 nitrogen and oxygen atoms in total. The van der Waals surface area contributed by atoms with Gasteiger partial charge in [0.2, 0.25) is 0 Å². The minimum absolute atomic E-state index is 0.148. The minimum atomic E-state index is -0.148. The predicted octanol–water partition coefficient (Wildman–Crippen LogP) is 1.61. The summed E-state index contributed by atoms with van der Waals surface area (Å²) >= 11 is 4.73. The highest BCUT2D eigenvalue weighted by atomic mass is 32.1. The molecular weight excluding hydrogens is 108 g/mol. The van der Waals surface area contributed by atoms with Crippen LogP contribution >= 0.6 is 12.6 Å². The molecule has 0 bridgehead atoms. The quantitative estimate of drug-likeness (QED) is 0.463. The van der Waals surface area contributed by atoms with Gasteiger partial charge in [-0.1, -0.05) is 6.08 Å². The molecule has 2 heteroatoms. The summed E-state index contributed by atoms with van der Waals surface area (Å²) in [5.74, 6) is 0. The zero-order valence-electron chi connectivity index (χ0n) is 3.70. The van der Waals surface area contributed by atoms with Gasteiger partial charge in [0, 0.05) is 0 Å². The van der Waals surface area contributed by atoms with Crippen LogP contribution in [0.15, 0.2) is 24.5 Å². The molecule has 37 valence electrons. The van der Waals surface area contributed by atoms with Crippen LogP contribution in [-0.2, 0) is 4.74 Å². The summed E-state index contributed by atoms with van der Waals surface area (Å²) in [6, 6.07) is 0. The molecule has 0 aliphatic carbocycles. The molecule has 0 fully saturated rings. The summed E-state index contributed by atoms with van der Waals surface area (Å²) in [6.07, 6.45) is 7.09. The lowest BCUT2D eigenvalue weighted by atomic mass is 10.4. The maximum absolute atomic E-state index is 4.83. The van der Waals surface area contributed by atoms with Crippen molar-refractivity contribution >= 4 is 12.6 Å². The Morgan fingerprint density at radius 3 is 2.57 bits per heavy atom. The summed E-state index contributed by atoms with van der Waals surface area (Å²) in [5.41, 5.74) is -0.148. The molecule has 0 aromatic rings. The third kappa shape index (κ3) is 1.27. The van der Waals surface area contributed by atoms with E-state index in [4.69, 9.17) is 17.4 Å². The van der Waals surface area contributed by atoms with Crippen LogP contribution in [0.1, 0.15) is 0 Å². The van der Waals surface area contributed by atoms with Crippen LogP contribution in [0.4, 0.5) is 0 Å². The Morgan fingerprint density at radius 2 is 2.29 bits per heavy atom. The molecule has 7 heavy (non-hydrogen) atoms. The highest BCUT2D eigenvalue weighted by molar-refractivity contribution is 7.80. The highest BCUT2D eigenvalue weighted by Gasteiger charge is 1.95. The molecule has 1 rings (SSSR count). The molecular formula is C5H5OS. The van der Waals surface area contributed by atoms with Crippen LogP contribution in [-0.4, -0.2) is 5.44 Å². The molecule has 1 atom stereocenters.